The van der Waals surface area contributed by atoms with Crippen LogP contribution in [0.3, 0.4) is 0 Å². The zero-order valence-corrected chi connectivity index (χ0v) is 9.17. The molecule has 0 bridgehead atoms. The van der Waals surface area contributed by atoms with Crippen LogP contribution in [0.1, 0.15) is 43.0 Å². The van der Waals surface area contributed by atoms with E-state index in [9.17, 15) is 5.11 Å². The van der Waals surface area contributed by atoms with Crippen molar-refractivity contribution in [3.8, 4) is 5.75 Å². The summed E-state index contributed by atoms with van der Waals surface area (Å²) in [5.74, 6) is 0.358. The fraction of sp³-hybridized carbons (Fsp3) is 0.500. The number of hydrogen-bond donors (Lipinski definition) is 2. The van der Waals surface area contributed by atoms with Crippen LogP contribution in [0.4, 0.5) is 0 Å². The number of benzene rings is 1. The summed E-state index contributed by atoms with van der Waals surface area (Å²) in [6.45, 7) is 6.05. The number of phenolic OH excluding ortho intramolecular Hbond substituents is 1. The fourth-order valence-electron chi connectivity index (χ4n) is 1.59. The fourth-order valence-corrected chi connectivity index (χ4v) is 1.59. The number of nitrogens with two attached hydrogens (primary N) is 1. The smallest absolute Gasteiger partial charge is 0.123 e. The molecule has 0 spiro atoms. The monoisotopic (exact) mass is 193 g/mol. The zero-order chi connectivity index (χ0) is 10.7. The van der Waals surface area contributed by atoms with E-state index in [4.69, 9.17) is 5.73 Å². The van der Waals surface area contributed by atoms with Crippen molar-refractivity contribution in [1.29, 1.82) is 0 Å². The van der Waals surface area contributed by atoms with Crippen LogP contribution in [0, 0.1) is 6.92 Å². The summed E-state index contributed by atoms with van der Waals surface area (Å²) in [6, 6.07) is 3.97. The lowest BCUT2D eigenvalue weighted by molar-refractivity contribution is 0.455. The molecule has 0 amide bonds. The number of phenols is 1. The first-order valence-corrected chi connectivity index (χ1v) is 5.18. The van der Waals surface area contributed by atoms with Crippen LogP contribution in [0.25, 0.3) is 0 Å². The van der Waals surface area contributed by atoms with Gasteiger partial charge < -0.3 is 10.8 Å². The molecule has 3 N–H and O–H groups in total. The summed E-state index contributed by atoms with van der Waals surface area (Å²) in [4.78, 5) is 0. The summed E-state index contributed by atoms with van der Waals surface area (Å²) in [5.41, 5.74) is 8.96. The van der Waals surface area contributed by atoms with Crippen LogP contribution < -0.4 is 5.73 Å². The SMILES string of the molecule is CCc1cc(C)c(O)c(C(N)CC)c1. The van der Waals surface area contributed by atoms with E-state index in [2.05, 4.69) is 6.92 Å². The second-order valence-corrected chi connectivity index (χ2v) is 3.72. The summed E-state index contributed by atoms with van der Waals surface area (Å²) in [7, 11) is 0. The molecule has 1 aromatic carbocycles. The minimum atomic E-state index is -0.0554. The van der Waals surface area contributed by atoms with Crippen LogP contribution in [0.15, 0.2) is 12.1 Å². The minimum Gasteiger partial charge on any atom is -0.507 e. The molecule has 2 heteroatoms. The maximum absolute atomic E-state index is 9.84. The molecule has 1 atom stereocenters. The molecule has 0 aliphatic rings. The molecule has 78 valence electrons. The lowest BCUT2D eigenvalue weighted by Crippen LogP contribution is -2.09. The van der Waals surface area contributed by atoms with Crippen molar-refractivity contribution >= 4 is 0 Å². The van der Waals surface area contributed by atoms with Gasteiger partial charge in [0.1, 0.15) is 5.75 Å². The third-order valence-electron chi connectivity index (χ3n) is 2.64. The molecule has 0 heterocycles. The average Bonchev–Trinajstić information content (AvgIpc) is 2.20. The molecule has 0 saturated heterocycles. The van der Waals surface area contributed by atoms with Gasteiger partial charge in [-0.15, -0.1) is 0 Å². The molecule has 0 fully saturated rings. The van der Waals surface area contributed by atoms with E-state index in [0.717, 1.165) is 24.0 Å². The highest BCUT2D eigenvalue weighted by Gasteiger charge is 2.11. The van der Waals surface area contributed by atoms with Gasteiger partial charge in [0.05, 0.1) is 0 Å². The number of aromatic hydroxyl groups is 1. The lowest BCUT2D eigenvalue weighted by Gasteiger charge is -2.14. The molecule has 0 aliphatic carbocycles. The molecule has 14 heavy (non-hydrogen) atoms. The zero-order valence-electron chi connectivity index (χ0n) is 9.17. The molecule has 0 radical (unpaired) electrons. The third kappa shape index (κ3) is 2.07. The van der Waals surface area contributed by atoms with E-state index in [1.165, 1.54) is 5.56 Å². The maximum Gasteiger partial charge on any atom is 0.123 e. The van der Waals surface area contributed by atoms with E-state index in [1.807, 2.05) is 26.0 Å². The van der Waals surface area contributed by atoms with Gasteiger partial charge in [-0.05, 0) is 30.9 Å². The van der Waals surface area contributed by atoms with E-state index in [-0.39, 0.29) is 6.04 Å². The first kappa shape index (κ1) is 11.1. The van der Waals surface area contributed by atoms with Crippen molar-refractivity contribution in [2.45, 2.75) is 39.7 Å². The van der Waals surface area contributed by atoms with Gasteiger partial charge >= 0.3 is 0 Å². The largest absolute Gasteiger partial charge is 0.507 e. The van der Waals surface area contributed by atoms with Crippen LogP contribution in [0.5, 0.6) is 5.75 Å². The predicted molar refractivity (Wildman–Crippen MR) is 59.4 cm³/mol. The molecule has 2 nitrogen and oxygen atoms in total. The van der Waals surface area contributed by atoms with Crippen LogP contribution >= 0.6 is 0 Å². The highest BCUT2D eigenvalue weighted by Crippen LogP contribution is 2.29. The van der Waals surface area contributed by atoms with Crippen molar-refractivity contribution in [3.05, 3.63) is 28.8 Å². The van der Waals surface area contributed by atoms with Gasteiger partial charge in [0, 0.05) is 11.6 Å². The third-order valence-corrected chi connectivity index (χ3v) is 2.64. The Morgan fingerprint density at radius 3 is 2.50 bits per heavy atom. The molecule has 1 unspecified atom stereocenters. The van der Waals surface area contributed by atoms with Crippen molar-refractivity contribution < 1.29 is 5.11 Å². The maximum atomic E-state index is 9.84. The molecular formula is C12H19NO. The minimum absolute atomic E-state index is 0.0554. The van der Waals surface area contributed by atoms with Crippen molar-refractivity contribution in [2.24, 2.45) is 5.73 Å². The van der Waals surface area contributed by atoms with Gasteiger partial charge in [0.2, 0.25) is 0 Å². The summed E-state index contributed by atoms with van der Waals surface area (Å²) in [6.07, 6.45) is 1.82. The first-order chi connectivity index (χ1) is 6.60. The highest BCUT2D eigenvalue weighted by atomic mass is 16.3. The van der Waals surface area contributed by atoms with Crippen LogP contribution in [-0.4, -0.2) is 5.11 Å². The van der Waals surface area contributed by atoms with Crippen molar-refractivity contribution in [2.75, 3.05) is 0 Å². The Bertz CT molecular complexity index is 320. The quantitative estimate of drug-likeness (QED) is 0.775. The molecule has 0 aliphatic heterocycles. The van der Waals surface area contributed by atoms with Gasteiger partial charge in [-0.1, -0.05) is 26.0 Å². The lowest BCUT2D eigenvalue weighted by atomic mass is 9.97. The highest BCUT2D eigenvalue weighted by molar-refractivity contribution is 5.44. The van der Waals surface area contributed by atoms with Crippen molar-refractivity contribution in [1.82, 2.24) is 0 Å². The van der Waals surface area contributed by atoms with E-state index in [1.54, 1.807) is 0 Å². The Hall–Kier alpha value is -1.02. The number of rotatable bonds is 3. The Morgan fingerprint density at radius 2 is 2.00 bits per heavy atom. The molecule has 1 aromatic rings. The summed E-state index contributed by atoms with van der Waals surface area (Å²) in [5, 5.41) is 9.84. The van der Waals surface area contributed by atoms with Crippen molar-refractivity contribution in [3.63, 3.8) is 0 Å². The Morgan fingerprint density at radius 1 is 1.36 bits per heavy atom. The molecule has 1 rings (SSSR count). The average molecular weight is 193 g/mol. The summed E-state index contributed by atoms with van der Waals surface area (Å²) >= 11 is 0. The first-order valence-electron chi connectivity index (χ1n) is 5.18. The van der Waals surface area contributed by atoms with E-state index in [0.29, 0.717) is 5.75 Å². The van der Waals surface area contributed by atoms with Crippen LogP contribution in [0.2, 0.25) is 0 Å². The molecule has 0 saturated carbocycles. The van der Waals surface area contributed by atoms with Gasteiger partial charge in [-0.2, -0.15) is 0 Å². The molecular weight excluding hydrogens is 174 g/mol. The normalized spacial score (nSPS) is 12.9. The van der Waals surface area contributed by atoms with E-state index < -0.39 is 0 Å². The Labute approximate surface area is 85.8 Å². The standard InChI is InChI=1S/C12H19NO/c1-4-9-6-8(3)12(14)10(7-9)11(13)5-2/h6-7,11,14H,4-5,13H2,1-3H3. The van der Waals surface area contributed by atoms with Gasteiger partial charge in [0.15, 0.2) is 0 Å². The van der Waals surface area contributed by atoms with E-state index >= 15 is 0 Å². The Balaban J connectivity index is 3.20. The number of aryl methyl sites for hydroxylation is 2. The van der Waals surface area contributed by atoms with Crippen LogP contribution in [-0.2, 0) is 6.42 Å². The molecule has 0 aromatic heterocycles. The van der Waals surface area contributed by atoms with Gasteiger partial charge in [-0.25, -0.2) is 0 Å². The second kappa shape index (κ2) is 4.47. The summed E-state index contributed by atoms with van der Waals surface area (Å²) < 4.78 is 0. The predicted octanol–water partition coefficient (Wildman–Crippen LogP) is 2.67. The number of hydrogen-bond acceptors (Lipinski definition) is 2. The van der Waals surface area contributed by atoms with Gasteiger partial charge in [0.25, 0.3) is 0 Å². The second-order valence-electron chi connectivity index (χ2n) is 3.72. The Kier molecular flexibility index (Phi) is 3.53. The van der Waals surface area contributed by atoms with Gasteiger partial charge in [-0.3, -0.25) is 0 Å². The topological polar surface area (TPSA) is 46.2 Å².